The Balaban J connectivity index is 1.87. The molecule has 0 aliphatic carbocycles. The first-order valence-corrected chi connectivity index (χ1v) is 9.59. The fourth-order valence-corrected chi connectivity index (χ4v) is 3.38. The van der Waals surface area contributed by atoms with Gasteiger partial charge in [0.05, 0.1) is 16.3 Å². The zero-order valence-electron chi connectivity index (χ0n) is 14.4. The second kappa shape index (κ2) is 6.65. The van der Waals surface area contributed by atoms with Gasteiger partial charge in [-0.3, -0.25) is 19.3 Å². The summed E-state index contributed by atoms with van der Waals surface area (Å²) in [5, 5.41) is 10.1. The molecule has 2 aromatic carbocycles. The van der Waals surface area contributed by atoms with Gasteiger partial charge in [-0.2, -0.15) is 8.42 Å². The molecule has 29 heavy (non-hydrogen) atoms. The van der Waals surface area contributed by atoms with Gasteiger partial charge in [0.2, 0.25) is 5.88 Å². The molecule has 11 heteroatoms. The molecule has 146 valence electrons. The minimum Gasteiger partial charge on any atom is -0.494 e. The molecule has 4 N–H and O–H groups in total. The van der Waals surface area contributed by atoms with Crippen molar-refractivity contribution in [3.8, 4) is 5.88 Å². The third kappa shape index (κ3) is 3.39. The molecule has 0 bridgehead atoms. The highest BCUT2D eigenvalue weighted by Gasteiger charge is 2.27. The Kier molecular flexibility index (Phi) is 4.25. The van der Waals surface area contributed by atoms with Gasteiger partial charge in [0, 0.05) is 11.1 Å². The van der Waals surface area contributed by atoms with Crippen molar-refractivity contribution >= 4 is 27.4 Å². The van der Waals surface area contributed by atoms with Crippen LogP contribution in [0.3, 0.4) is 0 Å². The van der Waals surface area contributed by atoms with E-state index >= 15 is 0 Å². The van der Waals surface area contributed by atoms with E-state index < -0.39 is 27.2 Å². The van der Waals surface area contributed by atoms with Gasteiger partial charge in [-0.05, 0) is 24.3 Å². The summed E-state index contributed by atoms with van der Waals surface area (Å²) in [6.45, 7) is 0. The summed E-state index contributed by atoms with van der Waals surface area (Å²) < 4.78 is 31.4. The van der Waals surface area contributed by atoms with Crippen molar-refractivity contribution in [1.29, 1.82) is 0 Å². The Morgan fingerprint density at radius 3 is 2.21 bits per heavy atom. The van der Waals surface area contributed by atoms with Crippen LogP contribution in [0, 0.1) is 0 Å². The van der Waals surface area contributed by atoms with Crippen molar-refractivity contribution in [1.82, 2.24) is 9.97 Å². The number of aliphatic imine (C=N–C) groups is 2. The van der Waals surface area contributed by atoms with E-state index in [9.17, 15) is 23.1 Å². The lowest BCUT2D eigenvalue weighted by atomic mass is 10.0. The predicted molar refractivity (Wildman–Crippen MR) is 104 cm³/mol. The van der Waals surface area contributed by atoms with Crippen LogP contribution in [-0.2, 0) is 10.1 Å². The highest BCUT2D eigenvalue weighted by molar-refractivity contribution is 7.85. The quantitative estimate of drug-likeness (QED) is 0.468. The molecule has 10 nitrogen and oxygen atoms in total. The molecule has 0 saturated heterocycles. The molecule has 0 spiro atoms. The first-order chi connectivity index (χ1) is 13.7. The lowest BCUT2D eigenvalue weighted by molar-refractivity contribution is 0.447. The average Bonchev–Trinajstić information content (AvgIpc) is 2.99. The van der Waals surface area contributed by atoms with Crippen LogP contribution in [0.5, 0.6) is 5.88 Å². The number of H-pyrrole nitrogens is 2. The van der Waals surface area contributed by atoms with E-state index in [0.717, 1.165) is 0 Å². The van der Waals surface area contributed by atoms with E-state index in [1.807, 2.05) is 4.98 Å². The molecule has 1 aromatic heterocycles. The van der Waals surface area contributed by atoms with E-state index in [1.54, 1.807) is 24.3 Å². The standard InChI is InChI=1S/C18H12N4O6S/c23-16-13(17(24)22-18(25)21-16)14-11-3-1-2-4-12(11)15(20-14)19-9-5-7-10(8-6-9)29(26,27)28/h1-8H,(H,26,27,28)(H3,21,22,23,24,25). The van der Waals surface area contributed by atoms with Crippen molar-refractivity contribution in [3.63, 3.8) is 0 Å². The van der Waals surface area contributed by atoms with Gasteiger partial charge in [-0.15, -0.1) is 0 Å². The predicted octanol–water partition coefficient (Wildman–Crippen LogP) is 0.945. The maximum Gasteiger partial charge on any atom is 0.328 e. The normalized spacial score (nSPS) is 14.7. The van der Waals surface area contributed by atoms with Crippen LogP contribution in [0.2, 0.25) is 0 Å². The SMILES string of the molecule is O=c1[nH]c(O)c(C2=NC(=Nc3ccc(S(=O)(=O)O)cc3)c3ccccc32)c(=O)[nH]1. The smallest absolute Gasteiger partial charge is 0.328 e. The summed E-state index contributed by atoms with van der Waals surface area (Å²) in [6.07, 6.45) is 0. The Hall–Kier alpha value is -3.83. The van der Waals surface area contributed by atoms with Crippen LogP contribution in [0.4, 0.5) is 5.69 Å². The highest BCUT2D eigenvalue weighted by atomic mass is 32.2. The summed E-state index contributed by atoms with van der Waals surface area (Å²) in [5.41, 5.74) is -0.283. The van der Waals surface area contributed by atoms with Crippen molar-refractivity contribution in [2.75, 3.05) is 0 Å². The zero-order chi connectivity index (χ0) is 20.8. The molecule has 1 aliphatic rings. The topological polar surface area (TPSA) is 165 Å². The fourth-order valence-electron chi connectivity index (χ4n) is 2.90. The molecule has 0 amide bonds. The maximum atomic E-state index is 12.2. The van der Waals surface area contributed by atoms with E-state index in [1.165, 1.54) is 24.3 Å². The maximum absolute atomic E-state index is 12.2. The first kappa shape index (κ1) is 18.5. The third-order valence-electron chi connectivity index (χ3n) is 4.17. The average molecular weight is 412 g/mol. The van der Waals surface area contributed by atoms with E-state index in [0.29, 0.717) is 16.8 Å². The number of nitrogens with zero attached hydrogens (tertiary/aromatic N) is 2. The molecule has 2 heterocycles. The van der Waals surface area contributed by atoms with Gasteiger partial charge in [-0.1, -0.05) is 24.3 Å². The van der Waals surface area contributed by atoms with Crippen molar-refractivity contribution in [3.05, 3.63) is 86.1 Å². The van der Waals surface area contributed by atoms with Gasteiger partial charge in [0.1, 0.15) is 5.56 Å². The molecule has 4 rings (SSSR count). The lowest BCUT2D eigenvalue weighted by Crippen LogP contribution is -2.27. The Morgan fingerprint density at radius 2 is 1.59 bits per heavy atom. The van der Waals surface area contributed by atoms with Gasteiger partial charge >= 0.3 is 5.69 Å². The lowest BCUT2D eigenvalue weighted by Gasteiger charge is -2.03. The largest absolute Gasteiger partial charge is 0.494 e. The Labute approximate surface area is 162 Å². The number of fused-ring (bicyclic) bond motifs is 1. The third-order valence-corrected chi connectivity index (χ3v) is 5.04. The van der Waals surface area contributed by atoms with Crippen LogP contribution >= 0.6 is 0 Å². The van der Waals surface area contributed by atoms with E-state index in [4.69, 9.17) is 4.55 Å². The van der Waals surface area contributed by atoms with Crippen molar-refractivity contribution < 1.29 is 18.1 Å². The highest BCUT2D eigenvalue weighted by Crippen LogP contribution is 2.27. The summed E-state index contributed by atoms with van der Waals surface area (Å²) in [7, 11) is -4.32. The number of hydrogen-bond donors (Lipinski definition) is 4. The van der Waals surface area contributed by atoms with Crippen molar-refractivity contribution in [2.45, 2.75) is 4.90 Å². The number of hydrogen-bond acceptors (Lipinski definition) is 6. The summed E-state index contributed by atoms with van der Waals surface area (Å²) in [4.78, 5) is 36.1. The number of nitrogens with one attached hydrogen (secondary N) is 2. The fraction of sp³-hybridized carbons (Fsp3) is 0. The molecule has 0 atom stereocenters. The van der Waals surface area contributed by atoms with Crippen LogP contribution in [0.25, 0.3) is 0 Å². The van der Waals surface area contributed by atoms with Crippen LogP contribution in [0.1, 0.15) is 16.7 Å². The molecule has 1 aliphatic heterocycles. The van der Waals surface area contributed by atoms with Gasteiger partial charge in [0.15, 0.2) is 5.84 Å². The van der Waals surface area contributed by atoms with E-state index in [-0.39, 0.29) is 22.0 Å². The first-order valence-electron chi connectivity index (χ1n) is 8.15. The van der Waals surface area contributed by atoms with Crippen molar-refractivity contribution in [2.24, 2.45) is 9.98 Å². The number of amidine groups is 1. The van der Waals surface area contributed by atoms with Crippen LogP contribution in [-0.4, -0.2) is 39.6 Å². The second-order valence-corrected chi connectivity index (χ2v) is 7.46. The summed E-state index contributed by atoms with van der Waals surface area (Å²) >= 11 is 0. The molecule has 0 fully saturated rings. The van der Waals surface area contributed by atoms with Crippen LogP contribution in [0.15, 0.2) is 73.0 Å². The number of benzene rings is 2. The monoisotopic (exact) mass is 412 g/mol. The number of aromatic hydroxyl groups is 1. The zero-order valence-corrected chi connectivity index (χ0v) is 15.3. The molecule has 0 radical (unpaired) electrons. The number of aromatic nitrogens is 2. The second-order valence-electron chi connectivity index (χ2n) is 6.04. The Morgan fingerprint density at radius 1 is 0.931 bits per heavy atom. The summed E-state index contributed by atoms with van der Waals surface area (Å²) in [5.74, 6) is -0.397. The van der Waals surface area contributed by atoms with Gasteiger partial charge < -0.3 is 5.11 Å². The molecule has 0 unspecified atom stereocenters. The number of rotatable bonds is 3. The minimum absolute atomic E-state index is 0.129. The number of aromatic amines is 2. The van der Waals surface area contributed by atoms with E-state index in [2.05, 4.69) is 15.0 Å². The summed E-state index contributed by atoms with van der Waals surface area (Å²) in [6, 6.07) is 12.0. The molecular weight excluding hydrogens is 400 g/mol. The molecular formula is C18H12N4O6S. The van der Waals surface area contributed by atoms with Crippen LogP contribution < -0.4 is 11.2 Å². The molecule has 0 saturated carbocycles. The minimum atomic E-state index is -4.32. The Bertz CT molecular complexity index is 1420. The molecule has 3 aromatic rings. The van der Waals surface area contributed by atoms with Gasteiger partial charge in [0.25, 0.3) is 15.7 Å². The van der Waals surface area contributed by atoms with Gasteiger partial charge in [-0.25, -0.2) is 14.8 Å².